The number of carbonyl (C=O) groups excluding carboxylic acids is 2. The smallest absolute Gasteiger partial charge is 0.241 e. The van der Waals surface area contributed by atoms with Gasteiger partial charge in [0, 0.05) is 24.1 Å². The van der Waals surface area contributed by atoms with Crippen LogP contribution in [0.2, 0.25) is 13.1 Å². The van der Waals surface area contributed by atoms with Crippen LogP contribution in [0.3, 0.4) is 0 Å². The summed E-state index contributed by atoms with van der Waals surface area (Å²) < 4.78 is 35.3. The SMILES string of the molecule is Cc1ccc(S(=O)(=O)NC2CCCC2)c(C(=O)[C@H](C)[C@H]2NC(=O)[C@H]2[C@@H](CO[Si](C)C)C(C)(C)C)c1. The second-order valence-electron chi connectivity index (χ2n) is 11.5. The van der Waals surface area contributed by atoms with Gasteiger partial charge in [-0.05, 0) is 56.3 Å². The van der Waals surface area contributed by atoms with Crippen LogP contribution in [0.5, 0.6) is 0 Å². The highest BCUT2D eigenvalue weighted by atomic mass is 32.2. The number of nitrogens with one attached hydrogen (secondary N) is 2. The fourth-order valence-electron chi connectivity index (χ4n) is 5.24. The molecule has 2 fully saturated rings. The molecule has 195 valence electrons. The largest absolute Gasteiger partial charge is 0.417 e. The number of sulfonamides is 1. The van der Waals surface area contributed by atoms with Gasteiger partial charge in [0.25, 0.3) is 0 Å². The number of β-lactam (4-membered cyclic amide) rings is 1. The van der Waals surface area contributed by atoms with Gasteiger partial charge in [-0.25, -0.2) is 13.1 Å². The maximum Gasteiger partial charge on any atom is 0.241 e. The Hall–Kier alpha value is -1.55. The first-order valence-corrected chi connectivity index (χ1v) is 16.5. The molecule has 1 radical (unpaired) electrons. The summed E-state index contributed by atoms with van der Waals surface area (Å²) in [5.41, 5.74) is 0.819. The standard InChI is InChI=1S/C26H41N2O5SSi/c1-16-12-13-21(34(31,32)28-18-10-8-9-11-18)19(14-16)24(29)17(2)23-22(25(30)27-23)20(26(3,4)5)15-33-35(6)7/h12-14,17-18,20,22-23,28H,8-11,15H2,1-7H3,(H,27,30)/t17-,20-,22+,23-/m1/s1. The van der Waals surface area contributed by atoms with Crippen molar-refractivity contribution in [3.63, 3.8) is 0 Å². The number of benzene rings is 1. The van der Waals surface area contributed by atoms with E-state index in [0.717, 1.165) is 31.2 Å². The van der Waals surface area contributed by atoms with Gasteiger partial charge in [-0.1, -0.05) is 52.2 Å². The molecule has 4 atom stereocenters. The molecule has 35 heavy (non-hydrogen) atoms. The van der Waals surface area contributed by atoms with Crippen LogP contribution in [0.15, 0.2) is 23.1 Å². The number of ketones is 1. The van der Waals surface area contributed by atoms with Crippen LogP contribution in [-0.2, 0) is 19.2 Å². The highest BCUT2D eigenvalue weighted by molar-refractivity contribution is 7.89. The van der Waals surface area contributed by atoms with Gasteiger partial charge < -0.3 is 9.74 Å². The maximum absolute atomic E-state index is 13.8. The van der Waals surface area contributed by atoms with Gasteiger partial charge in [0.05, 0.1) is 16.9 Å². The van der Waals surface area contributed by atoms with Crippen LogP contribution in [-0.4, -0.2) is 47.8 Å². The zero-order chi connectivity index (χ0) is 26.1. The lowest BCUT2D eigenvalue weighted by Crippen LogP contribution is -2.66. The topological polar surface area (TPSA) is 102 Å². The molecule has 1 aromatic carbocycles. The van der Waals surface area contributed by atoms with Crippen molar-refractivity contribution in [2.24, 2.45) is 23.2 Å². The van der Waals surface area contributed by atoms with Crippen molar-refractivity contribution in [2.75, 3.05) is 6.61 Å². The Morgan fingerprint density at radius 3 is 2.40 bits per heavy atom. The summed E-state index contributed by atoms with van der Waals surface area (Å²) in [4.78, 5) is 26.5. The fraction of sp³-hybridized carbons (Fsp3) is 0.692. The molecule has 1 aromatic rings. The van der Waals surface area contributed by atoms with Crippen LogP contribution < -0.4 is 10.0 Å². The van der Waals surface area contributed by atoms with Crippen LogP contribution in [0, 0.1) is 30.1 Å². The predicted octanol–water partition coefficient (Wildman–Crippen LogP) is 4.08. The van der Waals surface area contributed by atoms with E-state index in [9.17, 15) is 18.0 Å². The van der Waals surface area contributed by atoms with Gasteiger partial charge in [0.2, 0.25) is 25.0 Å². The number of rotatable bonds is 10. The molecule has 9 heteroatoms. The normalized spacial score (nSPS) is 23.1. The minimum atomic E-state index is -3.84. The van der Waals surface area contributed by atoms with Crippen molar-refractivity contribution < 1.29 is 22.4 Å². The highest BCUT2D eigenvalue weighted by Gasteiger charge is 2.52. The van der Waals surface area contributed by atoms with Crippen LogP contribution in [0.1, 0.15) is 69.3 Å². The number of aryl methyl sites for hydroxylation is 1. The first kappa shape index (κ1) is 28.0. The van der Waals surface area contributed by atoms with Gasteiger partial charge >= 0.3 is 0 Å². The van der Waals surface area contributed by atoms with E-state index in [1.165, 1.54) is 6.07 Å². The molecule has 1 saturated heterocycles. The number of hydrogen-bond acceptors (Lipinski definition) is 5. The monoisotopic (exact) mass is 521 g/mol. The van der Waals surface area contributed by atoms with E-state index in [4.69, 9.17) is 4.43 Å². The van der Waals surface area contributed by atoms with Crippen molar-refractivity contribution in [3.05, 3.63) is 29.3 Å². The Morgan fingerprint density at radius 1 is 1.23 bits per heavy atom. The maximum atomic E-state index is 13.8. The number of Topliss-reactive ketones (excluding diaryl/α,β-unsaturated/α-hetero) is 1. The number of hydrogen-bond donors (Lipinski definition) is 2. The molecule has 1 amide bonds. The molecule has 1 aliphatic carbocycles. The lowest BCUT2D eigenvalue weighted by molar-refractivity contribution is -0.143. The van der Waals surface area contributed by atoms with Crippen molar-refractivity contribution in [1.29, 1.82) is 0 Å². The summed E-state index contributed by atoms with van der Waals surface area (Å²) in [7, 11) is -4.77. The molecule has 1 aliphatic heterocycles. The summed E-state index contributed by atoms with van der Waals surface area (Å²) >= 11 is 0. The average Bonchev–Trinajstić information content (AvgIpc) is 3.24. The van der Waals surface area contributed by atoms with E-state index in [1.807, 2.05) is 6.92 Å². The molecular formula is C26H41N2O5SSi. The lowest BCUT2D eigenvalue weighted by Gasteiger charge is -2.48. The van der Waals surface area contributed by atoms with Gasteiger partial charge in [-0.15, -0.1) is 0 Å². The third kappa shape index (κ3) is 6.42. The molecule has 0 aromatic heterocycles. The molecule has 0 spiro atoms. The third-order valence-corrected chi connectivity index (χ3v) is 9.74. The van der Waals surface area contributed by atoms with Crippen molar-refractivity contribution in [3.8, 4) is 0 Å². The van der Waals surface area contributed by atoms with Gasteiger partial charge in [-0.3, -0.25) is 9.59 Å². The Balaban J connectivity index is 1.88. The van der Waals surface area contributed by atoms with Crippen molar-refractivity contribution in [1.82, 2.24) is 10.0 Å². The minimum Gasteiger partial charge on any atom is -0.417 e. The molecule has 1 heterocycles. The Bertz CT molecular complexity index is 1040. The minimum absolute atomic E-state index is 0.0222. The Morgan fingerprint density at radius 2 is 1.86 bits per heavy atom. The van der Waals surface area contributed by atoms with Crippen LogP contribution >= 0.6 is 0 Å². The van der Waals surface area contributed by atoms with Crippen LogP contribution in [0.4, 0.5) is 0 Å². The van der Waals surface area contributed by atoms with Gasteiger partial charge in [-0.2, -0.15) is 0 Å². The van der Waals surface area contributed by atoms with E-state index in [2.05, 4.69) is 43.9 Å². The summed E-state index contributed by atoms with van der Waals surface area (Å²) in [6, 6.07) is 4.45. The second-order valence-corrected chi connectivity index (χ2v) is 15.3. The first-order valence-electron chi connectivity index (χ1n) is 12.6. The predicted molar refractivity (Wildman–Crippen MR) is 139 cm³/mol. The van der Waals surface area contributed by atoms with E-state index in [0.29, 0.717) is 6.61 Å². The quantitative estimate of drug-likeness (QED) is 0.274. The second kappa shape index (κ2) is 10.8. The molecule has 7 nitrogen and oxygen atoms in total. The highest BCUT2D eigenvalue weighted by Crippen LogP contribution is 2.41. The van der Waals surface area contributed by atoms with E-state index in [1.54, 1.807) is 19.1 Å². The average molecular weight is 522 g/mol. The molecular weight excluding hydrogens is 480 g/mol. The summed E-state index contributed by atoms with van der Waals surface area (Å²) in [6.07, 6.45) is 3.64. The zero-order valence-corrected chi connectivity index (χ0v) is 23.9. The molecule has 2 N–H and O–H groups in total. The fourth-order valence-corrected chi connectivity index (χ4v) is 7.25. The Labute approximate surface area is 212 Å². The van der Waals surface area contributed by atoms with E-state index >= 15 is 0 Å². The molecule has 0 bridgehead atoms. The molecule has 3 rings (SSSR count). The summed E-state index contributed by atoms with van der Waals surface area (Å²) in [6.45, 7) is 14.5. The number of carbonyl (C=O) groups is 2. The van der Waals surface area contributed by atoms with Crippen molar-refractivity contribution in [2.45, 2.75) is 90.4 Å². The zero-order valence-electron chi connectivity index (χ0n) is 22.1. The molecule has 2 aliphatic rings. The lowest BCUT2D eigenvalue weighted by atomic mass is 9.64. The summed E-state index contributed by atoms with van der Waals surface area (Å²) in [5.74, 6) is -1.32. The van der Waals surface area contributed by atoms with Gasteiger partial charge in [0.1, 0.15) is 0 Å². The molecule has 1 saturated carbocycles. The van der Waals surface area contributed by atoms with Crippen molar-refractivity contribution >= 4 is 30.8 Å². The Kier molecular flexibility index (Phi) is 8.67. The van der Waals surface area contributed by atoms with Gasteiger partial charge in [0.15, 0.2) is 5.78 Å². The van der Waals surface area contributed by atoms with E-state index < -0.39 is 25.0 Å². The summed E-state index contributed by atoms with van der Waals surface area (Å²) in [5, 5.41) is 2.94. The van der Waals surface area contributed by atoms with Crippen LogP contribution in [0.25, 0.3) is 0 Å². The number of amides is 1. The third-order valence-electron chi connectivity index (χ3n) is 7.42. The van der Waals surface area contributed by atoms with E-state index in [-0.39, 0.29) is 51.5 Å². The first-order chi connectivity index (χ1) is 16.2. The molecule has 0 unspecified atom stereocenters.